The topological polar surface area (TPSA) is 90.3 Å². The quantitative estimate of drug-likeness (QED) is 0.377. The molecule has 1 saturated heterocycles. The maximum Gasteiger partial charge on any atom is 0.355 e. The summed E-state index contributed by atoms with van der Waals surface area (Å²) in [6.45, 7) is 9.37. The second kappa shape index (κ2) is 12.0. The van der Waals surface area contributed by atoms with Gasteiger partial charge < -0.3 is 23.7 Å². The molecule has 2 heterocycles. The van der Waals surface area contributed by atoms with E-state index in [0.29, 0.717) is 60.1 Å². The van der Waals surface area contributed by atoms with Gasteiger partial charge in [0.05, 0.1) is 33.5 Å². The van der Waals surface area contributed by atoms with E-state index in [2.05, 4.69) is 4.90 Å². The largest absolute Gasteiger partial charge is 0.497 e. The van der Waals surface area contributed by atoms with Crippen LogP contribution in [0.5, 0.6) is 5.75 Å². The zero-order chi connectivity index (χ0) is 25.5. The van der Waals surface area contributed by atoms with Crippen LogP contribution in [-0.4, -0.2) is 91.7 Å². The average Bonchev–Trinajstić information content (AvgIpc) is 3.09. The Morgan fingerprint density at radius 3 is 2.34 bits per heavy atom. The number of aromatic nitrogens is 1. The lowest BCUT2D eigenvalue weighted by Gasteiger charge is -2.30. The summed E-state index contributed by atoms with van der Waals surface area (Å²) in [7, 11) is 3.31. The molecule has 35 heavy (non-hydrogen) atoms. The molecule has 9 heteroatoms. The number of hydrogen-bond acceptors (Lipinski definition) is 7. The Balaban J connectivity index is 1.85. The van der Waals surface area contributed by atoms with Gasteiger partial charge in [-0.25, -0.2) is 4.79 Å². The fourth-order valence-electron chi connectivity index (χ4n) is 4.38. The van der Waals surface area contributed by atoms with E-state index in [0.717, 1.165) is 13.1 Å². The van der Waals surface area contributed by atoms with Gasteiger partial charge in [-0.15, -0.1) is 0 Å². The highest BCUT2D eigenvalue weighted by atomic mass is 16.5. The number of ketones is 1. The van der Waals surface area contributed by atoms with Crippen LogP contribution in [0.4, 0.5) is 0 Å². The highest BCUT2D eigenvalue weighted by Crippen LogP contribution is 2.23. The summed E-state index contributed by atoms with van der Waals surface area (Å²) in [5.74, 6) is -0.256. The zero-order valence-corrected chi connectivity index (χ0v) is 21.3. The number of Topliss-reactive ketones (excluding diaryl/α,β-unsaturated/α-hetero) is 1. The second-order valence-corrected chi connectivity index (χ2v) is 8.55. The number of amides is 1. The minimum Gasteiger partial charge on any atom is -0.497 e. The molecule has 1 aliphatic rings. The number of morpholine rings is 1. The Morgan fingerprint density at radius 1 is 1.09 bits per heavy atom. The molecule has 0 aliphatic carbocycles. The summed E-state index contributed by atoms with van der Waals surface area (Å²) in [6.07, 6.45) is 0. The van der Waals surface area contributed by atoms with Crippen molar-refractivity contribution in [3.05, 3.63) is 52.3 Å². The van der Waals surface area contributed by atoms with Gasteiger partial charge in [0.2, 0.25) is 0 Å². The molecule has 0 spiro atoms. The summed E-state index contributed by atoms with van der Waals surface area (Å²) < 4.78 is 17.5. The van der Waals surface area contributed by atoms with E-state index in [1.54, 1.807) is 68.7 Å². The first-order chi connectivity index (χ1) is 16.8. The number of carbonyl (C=O) groups excluding carboxylic acids is 3. The van der Waals surface area contributed by atoms with Gasteiger partial charge in [-0.05, 0) is 50.6 Å². The number of carbonyl (C=O) groups is 3. The number of benzene rings is 1. The van der Waals surface area contributed by atoms with Gasteiger partial charge in [0.15, 0.2) is 5.78 Å². The Labute approximate surface area is 206 Å². The van der Waals surface area contributed by atoms with Crippen LogP contribution in [0.25, 0.3) is 0 Å². The normalized spacial score (nSPS) is 14.0. The number of rotatable bonds is 10. The van der Waals surface area contributed by atoms with E-state index < -0.39 is 5.97 Å². The van der Waals surface area contributed by atoms with E-state index in [4.69, 9.17) is 14.2 Å². The third-order valence-corrected chi connectivity index (χ3v) is 6.43. The predicted molar refractivity (Wildman–Crippen MR) is 131 cm³/mol. The first-order valence-corrected chi connectivity index (χ1v) is 11.9. The Bertz CT molecular complexity index is 1050. The molecule has 0 saturated carbocycles. The SMILES string of the molecule is CCOC(=O)c1c(C)c(C(=O)CN(CCN2CCOCC2)C(=O)c2ccc(OC)cc2)c(C)n1C. The Hall–Kier alpha value is -3.17. The smallest absolute Gasteiger partial charge is 0.355 e. The molecule has 0 N–H and O–H groups in total. The van der Waals surface area contributed by atoms with Crippen molar-refractivity contribution in [3.63, 3.8) is 0 Å². The molecular weight excluding hydrogens is 450 g/mol. The number of esters is 1. The van der Waals surface area contributed by atoms with Crippen molar-refractivity contribution in [2.75, 3.05) is 59.7 Å². The number of ether oxygens (including phenoxy) is 3. The summed E-state index contributed by atoms with van der Waals surface area (Å²) in [4.78, 5) is 43.2. The van der Waals surface area contributed by atoms with Crippen LogP contribution in [0.15, 0.2) is 24.3 Å². The maximum absolute atomic E-state index is 13.5. The van der Waals surface area contributed by atoms with Crippen LogP contribution in [0.3, 0.4) is 0 Å². The molecular formula is C26H35N3O6. The monoisotopic (exact) mass is 485 g/mol. The summed E-state index contributed by atoms with van der Waals surface area (Å²) >= 11 is 0. The van der Waals surface area contributed by atoms with E-state index in [1.165, 1.54) is 0 Å². The number of nitrogens with zero attached hydrogens (tertiary/aromatic N) is 3. The van der Waals surface area contributed by atoms with Crippen LogP contribution >= 0.6 is 0 Å². The van der Waals surface area contributed by atoms with E-state index in [9.17, 15) is 14.4 Å². The Morgan fingerprint density at radius 2 is 1.74 bits per heavy atom. The third-order valence-electron chi connectivity index (χ3n) is 6.43. The Kier molecular flexibility index (Phi) is 9.06. The minimum atomic E-state index is -0.465. The van der Waals surface area contributed by atoms with Gasteiger partial charge in [0.25, 0.3) is 5.91 Å². The molecule has 0 atom stereocenters. The average molecular weight is 486 g/mol. The lowest BCUT2D eigenvalue weighted by Crippen LogP contribution is -2.44. The maximum atomic E-state index is 13.5. The fourth-order valence-corrected chi connectivity index (χ4v) is 4.38. The van der Waals surface area contributed by atoms with E-state index >= 15 is 0 Å². The van der Waals surface area contributed by atoms with Gasteiger partial charge in [0.1, 0.15) is 11.4 Å². The van der Waals surface area contributed by atoms with Crippen molar-refractivity contribution in [2.24, 2.45) is 7.05 Å². The van der Waals surface area contributed by atoms with Gasteiger partial charge in [0, 0.05) is 50.0 Å². The van der Waals surface area contributed by atoms with Crippen LogP contribution in [-0.2, 0) is 16.5 Å². The highest BCUT2D eigenvalue weighted by Gasteiger charge is 2.28. The van der Waals surface area contributed by atoms with E-state index in [-0.39, 0.29) is 24.8 Å². The van der Waals surface area contributed by atoms with Crippen molar-refractivity contribution in [1.82, 2.24) is 14.4 Å². The second-order valence-electron chi connectivity index (χ2n) is 8.55. The number of hydrogen-bond donors (Lipinski definition) is 0. The van der Waals surface area contributed by atoms with Gasteiger partial charge in [-0.3, -0.25) is 14.5 Å². The molecule has 1 aliphatic heterocycles. The lowest BCUT2D eigenvalue weighted by molar-refractivity contribution is 0.0323. The van der Waals surface area contributed by atoms with Crippen molar-refractivity contribution in [2.45, 2.75) is 20.8 Å². The van der Waals surface area contributed by atoms with Crippen molar-refractivity contribution < 1.29 is 28.6 Å². The predicted octanol–water partition coefficient (Wildman–Crippen LogP) is 2.48. The first-order valence-electron chi connectivity index (χ1n) is 11.9. The lowest BCUT2D eigenvalue weighted by atomic mass is 10.0. The molecule has 3 rings (SSSR count). The molecule has 0 radical (unpaired) electrons. The van der Waals surface area contributed by atoms with Gasteiger partial charge in [-0.2, -0.15) is 0 Å². The van der Waals surface area contributed by atoms with Gasteiger partial charge >= 0.3 is 5.97 Å². The summed E-state index contributed by atoms with van der Waals surface area (Å²) in [5, 5.41) is 0. The van der Waals surface area contributed by atoms with Gasteiger partial charge in [-0.1, -0.05) is 0 Å². The summed E-state index contributed by atoms with van der Waals surface area (Å²) in [5.41, 5.74) is 2.52. The number of methoxy groups -OCH3 is 1. The molecule has 1 aromatic carbocycles. The highest BCUT2D eigenvalue weighted by molar-refractivity contribution is 6.06. The molecule has 2 aromatic rings. The zero-order valence-electron chi connectivity index (χ0n) is 21.3. The molecule has 0 unspecified atom stereocenters. The molecule has 190 valence electrons. The molecule has 1 aromatic heterocycles. The van der Waals surface area contributed by atoms with Crippen molar-refractivity contribution in [1.29, 1.82) is 0 Å². The van der Waals surface area contributed by atoms with Crippen molar-refractivity contribution >= 4 is 17.7 Å². The van der Waals surface area contributed by atoms with Crippen LogP contribution in [0.1, 0.15) is 49.4 Å². The first kappa shape index (κ1) is 26.4. The molecule has 1 amide bonds. The molecule has 0 bridgehead atoms. The fraction of sp³-hybridized carbons (Fsp3) is 0.500. The van der Waals surface area contributed by atoms with E-state index in [1.807, 2.05) is 0 Å². The molecule has 9 nitrogen and oxygen atoms in total. The van der Waals surface area contributed by atoms with Crippen LogP contribution in [0, 0.1) is 13.8 Å². The van der Waals surface area contributed by atoms with Crippen LogP contribution < -0.4 is 4.74 Å². The van der Waals surface area contributed by atoms with Crippen molar-refractivity contribution in [3.8, 4) is 5.75 Å². The van der Waals surface area contributed by atoms with Crippen LogP contribution in [0.2, 0.25) is 0 Å². The minimum absolute atomic E-state index is 0.0941. The summed E-state index contributed by atoms with van der Waals surface area (Å²) in [6, 6.07) is 6.86. The third kappa shape index (κ3) is 6.10. The molecule has 1 fully saturated rings. The standard InChI is InChI=1S/C26H35N3O6/c1-6-35-26(32)24-18(2)23(19(3)27(24)4)22(30)17-29(12-11-28-13-15-34-16-14-28)25(31)20-7-9-21(33-5)10-8-20/h7-10H,6,11-17H2,1-5H3.